The third-order valence-corrected chi connectivity index (χ3v) is 5.70. The molecule has 1 saturated carbocycles. The van der Waals surface area contributed by atoms with Crippen LogP contribution in [0.3, 0.4) is 0 Å². The van der Waals surface area contributed by atoms with Gasteiger partial charge in [-0.25, -0.2) is 0 Å². The Labute approximate surface area is 150 Å². The lowest BCUT2D eigenvalue weighted by Crippen LogP contribution is -2.34. The van der Waals surface area contributed by atoms with Gasteiger partial charge in [-0.2, -0.15) is 4.98 Å². The number of hydrogen-bond donors (Lipinski definition) is 2. The molecule has 1 aliphatic carbocycles. The Balaban J connectivity index is 0.00000169. The normalized spacial score (nSPS) is 21.8. The lowest BCUT2D eigenvalue weighted by molar-refractivity contribution is -0.115. The molecule has 0 radical (unpaired) electrons. The monoisotopic (exact) mass is 366 g/mol. The number of aromatic nitrogens is 2. The van der Waals surface area contributed by atoms with Gasteiger partial charge in [0.2, 0.25) is 5.91 Å². The summed E-state index contributed by atoms with van der Waals surface area (Å²) in [6.07, 6.45) is 3.98. The second-order valence-corrected chi connectivity index (χ2v) is 7.63. The lowest BCUT2D eigenvalue weighted by atomic mass is 9.99. The summed E-state index contributed by atoms with van der Waals surface area (Å²) >= 11 is 1.55. The number of nitrogens with two attached hydrogens (primary N) is 1. The van der Waals surface area contributed by atoms with Gasteiger partial charge in [0.25, 0.3) is 5.89 Å². The first-order valence-corrected chi connectivity index (χ1v) is 8.68. The third-order valence-electron chi connectivity index (χ3n) is 4.52. The van der Waals surface area contributed by atoms with Crippen molar-refractivity contribution in [3.8, 4) is 11.5 Å². The van der Waals surface area contributed by atoms with E-state index in [-0.39, 0.29) is 23.6 Å². The van der Waals surface area contributed by atoms with Crippen LogP contribution in [0.4, 0.5) is 5.69 Å². The number of thioether (sulfide) groups is 1. The molecule has 1 fully saturated rings. The predicted octanol–water partition coefficient (Wildman–Crippen LogP) is 3.32. The minimum absolute atomic E-state index is 0. The van der Waals surface area contributed by atoms with Crippen molar-refractivity contribution in [1.82, 2.24) is 10.1 Å². The SMILES string of the molecule is CC1Sc2ccc(-c3nc(C4(N)CCCC4)no3)cc2NC1=O.Cl. The van der Waals surface area contributed by atoms with Crippen molar-refractivity contribution in [3.05, 3.63) is 24.0 Å². The number of fused-ring (bicyclic) bond motifs is 1. The molecule has 3 N–H and O–H groups in total. The molecule has 8 heteroatoms. The molecule has 1 amide bonds. The molecule has 2 aromatic rings. The Kier molecular flexibility index (Phi) is 4.59. The van der Waals surface area contributed by atoms with Crippen molar-refractivity contribution in [1.29, 1.82) is 0 Å². The number of carbonyl (C=O) groups excluding carboxylic acids is 1. The Hall–Kier alpha value is -1.57. The van der Waals surface area contributed by atoms with Crippen molar-refractivity contribution in [2.75, 3.05) is 5.32 Å². The van der Waals surface area contributed by atoms with Gasteiger partial charge in [0.1, 0.15) is 0 Å². The van der Waals surface area contributed by atoms with Gasteiger partial charge in [0.15, 0.2) is 5.82 Å². The fraction of sp³-hybridized carbons (Fsp3) is 0.438. The van der Waals surface area contributed by atoms with Crippen LogP contribution in [-0.4, -0.2) is 21.3 Å². The molecule has 2 heterocycles. The first-order chi connectivity index (χ1) is 11.0. The summed E-state index contributed by atoms with van der Waals surface area (Å²) in [4.78, 5) is 17.4. The molecule has 128 valence electrons. The number of hydrogen-bond acceptors (Lipinski definition) is 6. The van der Waals surface area contributed by atoms with E-state index in [2.05, 4.69) is 15.5 Å². The van der Waals surface area contributed by atoms with E-state index in [0.29, 0.717) is 11.7 Å². The van der Waals surface area contributed by atoms with Crippen molar-refractivity contribution in [2.45, 2.75) is 48.3 Å². The number of anilines is 1. The molecule has 0 bridgehead atoms. The summed E-state index contributed by atoms with van der Waals surface area (Å²) in [5.41, 5.74) is 7.49. The molecule has 0 spiro atoms. The zero-order valence-corrected chi connectivity index (χ0v) is 14.9. The molecule has 2 aliphatic rings. The summed E-state index contributed by atoms with van der Waals surface area (Å²) in [7, 11) is 0. The third kappa shape index (κ3) is 2.92. The van der Waals surface area contributed by atoms with E-state index in [1.807, 2.05) is 25.1 Å². The van der Waals surface area contributed by atoms with Crippen LogP contribution in [0.15, 0.2) is 27.6 Å². The number of rotatable bonds is 2. The Morgan fingerprint density at radius 3 is 2.88 bits per heavy atom. The maximum atomic E-state index is 11.8. The van der Waals surface area contributed by atoms with Crippen LogP contribution in [0.2, 0.25) is 0 Å². The molecule has 1 unspecified atom stereocenters. The highest BCUT2D eigenvalue weighted by Crippen LogP contribution is 2.39. The zero-order valence-electron chi connectivity index (χ0n) is 13.2. The summed E-state index contributed by atoms with van der Waals surface area (Å²) in [5.74, 6) is 1.03. The number of amides is 1. The minimum atomic E-state index is -0.463. The zero-order chi connectivity index (χ0) is 16.0. The van der Waals surface area contributed by atoms with Crippen LogP contribution in [0.1, 0.15) is 38.4 Å². The number of benzene rings is 1. The number of nitrogens with zero attached hydrogens (tertiary/aromatic N) is 2. The smallest absolute Gasteiger partial charge is 0.258 e. The number of carbonyl (C=O) groups is 1. The van der Waals surface area contributed by atoms with Crippen molar-refractivity contribution in [3.63, 3.8) is 0 Å². The van der Waals surface area contributed by atoms with Gasteiger partial charge in [-0.15, -0.1) is 24.2 Å². The van der Waals surface area contributed by atoms with E-state index < -0.39 is 5.54 Å². The summed E-state index contributed by atoms with van der Waals surface area (Å²) in [6.45, 7) is 1.89. The predicted molar refractivity (Wildman–Crippen MR) is 95.3 cm³/mol. The van der Waals surface area contributed by atoms with E-state index in [4.69, 9.17) is 10.3 Å². The molecule has 6 nitrogen and oxygen atoms in total. The van der Waals surface area contributed by atoms with Crippen molar-refractivity contribution >= 4 is 35.8 Å². The van der Waals surface area contributed by atoms with Crippen LogP contribution in [0.5, 0.6) is 0 Å². The van der Waals surface area contributed by atoms with Gasteiger partial charge >= 0.3 is 0 Å². The average molecular weight is 367 g/mol. The van der Waals surface area contributed by atoms with Crippen molar-refractivity contribution < 1.29 is 9.32 Å². The van der Waals surface area contributed by atoms with Gasteiger partial charge < -0.3 is 15.6 Å². The van der Waals surface area contributed by atoms with E-state index in [1.54, 1.807) is 11.8 Å². The van der Waals surface area contributed by atoms with Gasteiger partial charge in [-0.1, -0.05) is 18.0 Å². The fourth-order valence-corrected chi connectivity index (χ4v) is 4.04. The topological polar surface area (TPSA) is 94.0 Å². The van der Waals surface area contributed by atoms with Crippen LogP contribution >= 0.6 is 24.2 Å². The first-order valence-electron chi connectivity index (χ1n) is 7.80. The van der Waals surface area contributed by atoms with Crippen LogP contribution in [0.25, 0.3) is 11.5 Å². The highest BCUT2D eigenvalue weighted by atomic mass is 35.5. The first kappa shape index (κ1) is 17.3. The fourth-order valence-electron chi connectivity index (χ4n) is 3.11. The highest BCUT2D eigenvalue weighted by Gasteiger charge is 2.36. The summed E-state index contributed by atoms with van der Waals surface area (Å²) in [5, 5.41) is 6.92. The van der Waals surface area contributed by atoms with Gasteiger partial charge in [0, 0.05) is 10.5 Å². The van der Waals surface area contributed by atoms with Crippen LogP contribution in [-0.2, 0) is 10.3 Å². The minimum Gasteiger partial charge on any atom is -0.334 e. The molecule has 1 aromatic heterocycles. The van der Waals surface area contributed by atoms with Gasteiger partial charge in [-0.3, -0.25) is 4.79 Å². The van der Waals surface area contributed by atoms with Crippen LogP contribution in [0, 0.1) is 0 Å². The van der Waals surface area contributed by atoms with Crippen molar-refractivity contribution in [2.24, 2.45) is 5.73 Å². The maximum absolute atomic E-state index is 11.8. The number of halogens is 1. The average Bonchev–Trinajstić information content (AvgIpc) is 3.18. The van der Waals surface area contributed by atoms with Crippen LogP contribution < -0.4 is 11.1 Å². The number of nitrogens with one attached hydrogen (secondary N) is 1. The van der Waals surface area contributed by atoms with E-state index in [0.717, 1.165) is 41.8 Å². The second kappa shape index (κ2) is 6.38. The molecule has 1 atom stereocenters. The molecule has 24 heavy (non-hydrogen) atoms. The Bertz CT molecular complexity index is 773. The Morgan fingerprint density at radius 2 is 2.12 bits per heavy atom. The lowest BCUT2D eigenvalue weighted by Gasteiger charge is -2.21. The molecule has 4 rings (SSSR count). The molecular formula is C16H19ClN4O2S. The van der Waals surface area contributed by atoms with Gasteiger partial charge in [-0.05, 0) is 38.0 Å². The Morgan fingerprint density at radius 1 is 1.38 bits per heavy atom. The molecule has 0 saturated heterocycles. The summed E-state index contributed by atoms with van der Waals surface area (Å²) < 4.78 is 5.41. The maximum Gasteiger partial charge on any atom is 0.258 e. The van der Waals surface area contributed by atoms with E-state index in [9.17, 15) is 4.79 Å². The second-order valence-electron chi connectivity index (χ2n) is 6.25. The molecular weight excluding hydrogens is 348 g/mol. The molecule has 1 aliphatic heterocycles. The molecule has 1 aromatic carbocycles. The quantitative estimate of drug-likeness (QED) is 0.846. The van der Waals surface area contributed by atoms with Gasteiger partial charge in [0.05, 0.1) is 16.5 Å². The van der Waals surface area contributed by atoms with E-state index >= 15 is 0 Å². The largest absolute Gasteiger partial charge is 0.334 e. The summed E-state index contributed by atoms with van der Waals surface area (Å²) in [6, 6.07) is 5.79. The highest BCUT2D eigenvalue weighted by molar-refractivity contribution is 8.00. The van der Waals surface area contributed by atoms with E-state index in [1.165, 1.54) is 0 Å². The standard InChI is InChI=1S/C16H18N4O2S.ClH/c1-9-13(21)18-11-8-10(4-5-12(11)23-9)14-19-15(20-22-14)16(17)6-2-3-7-16;/h4-5,8-9H,2-3,6-7,17H2,1H3,(H,18,21);1H.